The van der Waals surface area contributed by atoms with E-state index in [1.165, 1.54) is 19.1 Å². The van der Waals surface area contributed by atoms with E-state index in [2.05, 4.69) is 10.3 Å². The molecular formula is C11H9ClFN3O3S2. The number of hydrogen-bond donors (Lipinski definition) is 2. The number of thiazole rings is 1. The number of aromatic nitrogens is 1. The maximum Gasteiger partial charge on any atom is 0.261 e. The van der Waals surface area contributed by atoms with Crippen LogP contribution in [0.3, 0.4) is 0 Å². The van der Waals surface area contributed by atoms with Crippen molar-refractivity contribution in [2.75, 3.05) is 5.32 Å². The summed E-state index contributed by atoms with van der Waals surface area (Å²) in [6.45, 7) is 1.43. The van der Waals surface area contributed by atoms with E-state index >= 15 is 0 Å². The molecule has 2 rings (SSSR count). The van der Waals surface area contributed by atoms with Gasteiger partial charge in [0.05, 0.1) is 16.3 Å². The lowest BCUT2D eigenvalue weighted by atomic mass is 10.2. The fraction of sp³-hybridized carbons (Fsp3) is 0.0909. The Kier molecular flexibility index (Phi) is 4.28. The zero-order valence-corrected chi connectivity index (χ0v) is 12.9. The number of amides is 1. The van der Waals surface area contributed by atoms with Crippen LogP contribution in [0.5, 0.6) is 0 Å². The number of nitrogens with zero attached hydrogens (tertiary/aromatic N) is 1. The average Bonchev–Trinajstić information content (AvgIpc) is 2.69. The fourth-order valence-corrected chi connectivity index (χ4v) is 3.68. The van der Waals surface area contributed by atoms with Crippen LogP contribution in [0, 0.1) is 12.7 Å². The number of nitrogens with two attached hydrogens (primary N) is 1. The van der Waals surface area contributed by atoms with Crippen molar-refractivity contribution >= 4 is 44.0 Å². The first kappa shape index (κ1) is 15.8. The van der Waals surface area contributed by atoms with Crippen LogP contribution in [0.25, 0.3) is 0 Å². The van der Waals surface area contributed by atoms with Gasteiger partial charge in [0, 0.05) is 0 Å². The van der Waals surface area contributed by atoms with E-state index in [1.807, 2.05) is 0 Å². The van der Waals surface area contributed by atoms with Crippen molar-refractivity contribution < 1.29 is 17.6 Å². The van der Waals surface area contributed by atoms with Crippen molar-refractivity contribution in [1.29, 1.82) is 0 Å². The van der Waals surface area contributed by atoms with Gasteiger partial charge in [0.15, 0.2) is 9.34 Å². The van der Waals surface area contributed by atoms with Gasteiger partial charge >= 0.3 is 0 Å². The minimum Gasteiger partial charge on any atom is -0.298 e. The second-order valence-electron chi connectivity index (χ2n) is 3.99. The zero-order valence-electron chi connectivity index (χ0n) is 10.6. The summed E-state index contributed by atoms with van der Waals surface area (Å²) in [6.07, 6.45) is 0. The number of hydrogen-bond acceptors (Lipinski definition) is 5. The molecule has 0 bridgehead atoms. The Hall–Kier alpha value is -1.55. The molecule has 0 aliphatic heterocycles. The third-order valence-electron chi connectivity index (χ3n) is 2.42. The maximum absolute atomic E-state index is 13.6. The first-order valence-electron chi connectivity index (χ1n) is 5.45. The number of rotatable bonds is 3. The van der Waals surface area contributed by atoms with Gasteiger partial charge in [-0.3, -0.25) is 10.1 Å². The normalized spacial score (nSPS) is 11.4. The highest BCUT2D eigenvalue weighted by Gasteiger charge is 2.21. The quantitative estimate of drug-likeness (QED) is 0.886. The van der Waals surface area contributed by atoms with Crippen molar-refractivity contribution in [3.05, 3.63) is 40.3 Å². The molecule has 0 saturated heterocycles. The van der Waals surface area contributed by atoms with Gasteiger partial charge in [-0.1, -0.05) is 29.0 Å². The van der Waals surface area contributed by atoms with Crippen molar-refractivity contribution in [3.8, 4) is 0 Å². The summed E-state index contributed by atoms with van der Waals surface area (Å²) in [5, 5.41) is 7.23. The summed E-state index contributed by atoms with van der Waals surface area (Å²) in [7, 11) is -3.92. The van der Waals surface area contributed by atoms with Crippen LogP contribution in [-0.4, -0.2) is 19.3 Å². The molecule has 0 aliphatic carbocycles. The Bertz CT molecular complexity index is 800. The highest BCUT2D eigenvalue weighted by atomic mass is 35.5. The van der Waals surface area contributed by atoms with E-state index in [9.17, 15) is 17.6 Å². The van der Waals surface area contributed by atoms with Crippen molar-refractivity contribution in [1.82, 2.24) is 4.98 Å². The van der Waals surface area contributed by atoms with Crippen LogP contribution in [0.4, 0.5) is 9.52 Å². The van der Waals surface area contributed by atoms with Crippen molar-refractivity contribution in [3.63, 3.8) is 0 Å². The van der Waals surface area contributed by atoms with Gasteiger partial charge in [0.25, 0.3) is 5.91 Å². The molecule has 1 aromatic carbocycles. The summed E-state index contributed by atoms with van der Waals surface area (Å²) in [5.74, 6) is -1.62. The lowest BCUT2D eigenvalue weighted by Crippen LogP contribution is -2.14. The number of halogens is 2. The molecule has 0 aliphatic rings. The summed E-state index contributed by atoms with van der Waals surface area (Å²) >= 11 is 6.45. The lowest BCUT2D eigenvalue weighted by Gasteiger charge is -2.04. The highest BCUT2D eigenvalue weighted by molar-refractivity contribution is 7.91. The van der Waals surface area contributed by atoms with E-state index in [1.54, 1.807) is 0 Å². The molecule has 1 amide bonds. The van der Waals surface area contributed by atoms with Crippen molar-refractivity contribution in [2.24, 2.45) is 5.14 Å². The molecular weight excluding hydrogens is 341 g/mol. The van der Waals surface area contributed by atoms with E-state index in [0.717, 1.165) is 6.07 Å². The number of nitrogens with one attached hydrogen (secondary N) is 1. The molecule has 0 radical (unpaired) electrons. The van der Waals surface area contributed by atoms with Gasteiger partial charge < -0.3 is 0 Å². The van der Waals surface area contributed by atoms with Gasteiger partial charge in [-0.15, -0.1) is 0 Å². The molecule has 1 aromatic heterocycles. The van der Waals surface area contributed by atoms with E-state index in [-0.39, 0.29) is 25.6 Å². The third kappa shape index (κ3) is 3.38. The van der Waals surface area contributed by atoms with Crippen LogP contribution in [0.2, 0.25) is 5.02 Å². The first-order chi connectivity index (χ1) is 9.70. The number of carbonyl (C=O) groups is 1. The molecule has 1 heterocycles. The lowest BCUT2D eigenvalue weighted by molar-refractivity contribution is 0.102. The number of carbonyl (C=O) groups excluding carboxylic acids is 1. The fourth-order valence-electron chi connectivity index (χ4n) is 1.57. The van der Waals surface area contributed by atoms with Gasteiger partial charge in [-0.25, -0.2) is 22.9 Å². The standard InChI is InChI=1S/C11H9ClFN3O3S2/c1-5-10(21(14,18)19)20-11(15-5)16-9(17)8-6(12)3-2-4-7(8)13/h2-4H,1H3,(H2,14,18,19)(H,15,16,17). The zero-order chi connectivity index (χ0) is 15.8. The molecule has 112 valence electrons. The van der Waals surface area contributed by atoms with Gasteiger partial charge in [0.2, 0.25) is 10.0 Å². The Balaban J connectivity index is 2.33. The molecule has 0 fully saturated rings. The topological polar surface area (TPSA) is 102 Å². The second-order valence-corrected chi connectivity index (χ2v) is 7.15. The van der Waals surface area contributed by atoms with E-state index in [0.29, 0.717) is 11.3 Å². The number of anilines is 1. The van der Waals surface area contributed by atoms with E-state index in [4.69, 9.17) is 16.7 Å². The Morgan fingerprint density at radius 2 is 2.14 bits per heavy atom. The molecule has 0 saturated carbocycles. The van der Waals surface area contributed by atoms with Crippen LogP contribution in [0.1, 0.15) is 16.1 Å². The van der Waals surface area contributed by atoms with Crippen LogP contribution >= 0.6 is 22.9 Å². The largest absolute Gasteiger partial charge is 0.298 e. The molecule has 0 unspecified atom stereocenters. The molecule has 21 heavy (non-hydrogen) atoms. The maximum atomic E-state index is 13.6. The number of sulfonamides is 1. The third-order valence-corrected chi connectivity index (χ3v) is 5.36. The summed E-state index contributed by atoms with van der Waals surface area (Å²) in [5.41, 5.74) is -0.193. The monoisotopic (exact) mass is 349 g/mol. The second kappa shape index (κ2) is 5.68. The minimum absolute atomic E-state index is 0.0131. The Morgan fingerprint density at radius 1 is 1.48 bits per heavy atom. The average molecular weight is 350 g/mol. The van der Waals surface area contributed by atoms with Crippen molar-refractivity contribution in [2.45, 2.75) is 11.1 Å². The first-order valence-corrected chi connectivity index (χ1v) is 8.20. The molecule has 6 nitrogen and oxygen atoms in total. The highest BCUT2D eigenvalue weighted by Crippen LogP contribution is 2.27. The molecule has 2 aromatic rings. The van der Waals surface area contributed by atoms with Crippen LogP contribution in [-0.2, 0) is 10.0 Å². The number of primary sulfonamides is 1. The van der Waals surface area contributed by atoms with Gasteiger partial charge in [0.1, 0.15) is 5.82 Å². The van der Waals surface area contributed by atoms with Crippen LogP contribution in [0.15, 0.2) is 22.4 Å². The predicted molar refractivity (Wildman–Crippen MR) is 77.6 cm³/mol. The molecule has 0 atom stereocenters. The van der Waals surface area contributed by atoms with Crippen LogP contribution < -0.4 is 10.5 Å². The van der Waals surface area contributed by atoms with Gasteiger partial charge in [-0.05, 0) is 19.1 Å². The number of aryl methyl sites for hydroxylation is 1. The summed E-state index contributed by atoms with van der Waals surface area (Å²) in [4.78, 5) is 15.8. The Morgan fingerprint density at radius 3 is 2.67 bits per heavy atom. The summed E-state index contributed by atoms with van der Waals surface area (Å²) < 4.78 is 36.0. The predicted octanol–water partition coefficient (Wildman–Crippen LogP) is 2.14. The summed E-state index contributed by atoms with van der Waals surface area (Å²) in [6, 6.07) is 3.81. The molecule has 3 N–H and O–H groups in total. The van der Waals surface area contributed by atoms with E-state index < -0.39 is 21.7 Å². The SMILES string of the molecule is Cc1nc(NC(=O)c2c(F)cccc2Cl)sc1S(N)(=O)=O. The Labute approximate surface area is 128 Å². The minimum atomic E-state index is -3.92. The number of benzene rings is 1. The molecule has 0 spiro atoms. The van der Waals surface area contributed by atoms with Gasteiger partial charge in [-0.2, -0.15) is 0 Å². The smallest absolute Gasteiger partial charge is 0.261 e. The molecule has 10 heteroatoms.